The van der Waals surface area contributed by atoms with Crippen LogP contribution in [-0.4, -0.2) is 14.8 Å². The summed E-state index contributed by atoms with van der Waals surface area (Å²) >= 11 is 6.17. The van der Waals surface area contributed by atoms with E-state index >= 15 is 0 Å². The molecule has 0 N–H and O–H groups in total. The minimum absolute atomic E-state index is 0.0590. The standard InChI is InChI=1S/C15H20ClN3/c1-11(12-8-6-5-7-9-12)10-19-13(15(2,3)4)17-18-14(19)16/h5-9,11H,10H2,1-4H3. The molecule has 102 valence electrons. The average molecular weight is 278 g/mol. The minimum Gasteiger partial charge on any atom is -0.301 e. The highest BCUT2D eigenvalue weighted by Gasteiger charge is 2.24. The van der Waals surface area contributed by atoms with Gasteiger partial charge in [-0.2, -0.15) is 0 Å². The molecule has 4 heteroatoms. The Balaban J connectivity index is 2.27. The van der Waals surface area contributed by atoms with Crippen molar-refractivity contribution in [3.63, 3.8) is 0 Å². The van der Waals surface area contributed by atoms with Gasteiger partial charge in [-0.05, 0) is 23.1 Å². The van der Waals surface area contributed by atoms with Crippen LogP contribution in [0, 0.1) is 0 Å². The van der Waals surface area contributed by atoms with Crippen molar-refractivity contribution in [2.24, 2.45) is 0 Å². The lowest BCUT2D eigenvalue weighted by molar-refractivity contribution is 0.478. The molecule has 0 aliphatic rings. The molecule has 19 heavy (non-hydrogen) atoms. The predicted molar refractivity (Wildman–Crippen MR) is 78.6 cm³/mol. The van der Waals surface area contributed by atoms with Crippen LogP contribution in [0.3, 0.4) is 0 Å². The van der Waals surface area contributed by atoms with E-state index in [9.17, 15) is 0 Å². The highest BCUT2D eigenvalue weighted by molar-refractivity contribution is 6.28. The van der Waals surface area contributed by atoms with E-state index in [4.69, 9.17) is 11.6 Å². The van der Waals surface area contributed by atoms with E-state index in [0.29, 0.717) is 11.2 Å². The van der Waals surface area contributed by atoms with Crippen molar-refractivity contribution in [2.75, 3.05) is 0 Å². The number of hydrogen-bond acceptors (Lipinski definition) is 2. The highest BCUT2D eigenvalue weighted by Crippen LogP contribution is 2.26. The summed E-state index contributed by atoms with van der Waals surface area (Å²) in [5, 5.41) is 8.69. The Labute approximate surface area is 119 Å². The predicted octanol–water partition coefficient (Wildman–Crippen LogP) is 4.03. The van der Waals surface area contributed by atoms with Crippen LogP contribution in [0.25, 0.3) is 0 Å². The van der Waals surface area contributed by atoms with E-state index in [1.165, 1.54) is 5.56 Å². The quantitative estimate of drug-likeness (QED) is 0.848. The summed E-state index contributed by atoms with van der Waals surface area (Å²) in [6.07, 6.45) is 0. The average Bonchev–Trinajstić information content (AvgIpc) is 2.72. The summed E-state index contributed by atoms with van der Waals surface area (Å²) in [7, 11) is 0. The van der Waals surface area contributed by atoms with Crippen LogP contribution < -0.4 is 0 Å². The number of benzene rings is 1. The van der Waals surface area contributed by atoms with E-state index in [2.05, 4.69) is 62.2 Å². The lowest BCUT2D eigenvalue weighted by atomic mass is 9.95. The molecule has 1 atom stereocenters. The van der Waals surface area contributed by atoms with Gasteiger partial charge in [-0.15, -0.1) is 10.2 Å². The smallest absolute Gasteiger partial charge is 0.225 e. The monoisotopic (exact) mass is 277 g/mol. The fraction of sp³-hybridized carbons (Fsp3) is 0.467. The summed E-state index contributed by atoms with van der Waals surface area (Å²) in [5.41, 5.74) is 1.24. The maximum Gasteiger partial charge on any atom is 0.225 e. The number of nitrogens with zero attached hydrogens (tertiary/aromatic N) is 3. The second-order valence-corrected chi connectivity index (χ2v) is 6.30. The molecule has 0 amide bonds. The van der Waals surface area contributed by atoms with E-state index in [1.54, 1.807) is 0 Å². The van der Waals surface area contributed by atoms with Crippen molar-refractivity contribution in [1.82, 2.24) is 14.8 Å². The van der Waals surface area contributed by atoms with Crippen LogP contribution in [0.2, 0.25) is 5.28 Å². The van der Waals surface area contributed by atoms with Crippen LogP contribution in [0.4, 0.5) is 0 Å². The number of aromatic nitrogens is 3. The van der Waals surface area contributed by atoms with Crippen molar-refractivity contribution >= 4 is 11.6 Å². The molecule has 0 saturated heterocycles. The normalized spacial score (nSPS) is 13.5. The van der Waals surface area contributed by atoms with Gasteiger partial charge in [-0.3, -0.25) is 0 Å². The molecule has 3 nitrogen and oxygen atoms in total. The van der Waals surface area contributed by atoms with Crippen molar-refractivity contribution < 1.29 is 0 Å². The van der Waals surface area contributed by atoms with E-state index in [1.807, 2.05) is 10.6 Å². The molecule has 0 saturated carbocycles. The summed E-state index contributed by atoms with van der Waals surface area (Å²) in [4.78, 5) is 0. The van der Waals surface area contributed by atoms with Crippen LogP contribution in [0.15, 0.2) is 30.3 Å². The molecular formula is C15H20ClN3. The molecule has 1 aromatic heterocycles. The van der Waals surface area contributed by atoms with E-state index in [0.717, 1.165) is 12.4 Å². The summed E-state index contributed by atoms with van der Waals surface area (Å²) in [5.74, 6) is 1.30. The van der Waals surface area contributed by atoms with Crippen LogP contribution in [-0.2, 0) is 12.0 Å². The van der Waals surface area contributed by atoms with Gasteiger partial charge in [0.2, 0.25) is 5.28 Å². The van der Waals surface area contributed by atoms with Gasteiger partial charge in [0.25, 0.3) is 0 Å². The van der Waals surface area contributed by atoms with Crippen molar-refractivity contribution in [3.05, 3.63) is 47.0 Å². The summed E-state index contributed by atoms with van der Waals surface area (Å²) in [6.45, 7) is 9.35. The molecule has 1 aromatic carbocycles. The first-order valence-corrected chi connectivity index (χ1v) is 6.91. The summed E-state index contributed by atoms with van der Waals surface area (Å²) in [6, 6.07) is 10.4. The zero-order valence-electron chi connectivity index (χ0n) is 11.9. The molecule has 2 aromatic rings. The number of rotatable bonds is 3. The van der Waals surface area contributed by atoms with Crippen molar-refractivity contribution in [2.45, 2.75) is 45.6 Å². The minimum atomic E-state index is -0.0590. The Hall–Kier alpha value is -1.35. The summed E-state index contributed by atoms with van der Waals surface area (Å²) < 4.78 is 2.01. The Kier molecular flexibility index (Phi) is 3.95. The highest BCUT2D eigenvalue weighted by atomic mass is 35.5. The van der Waals surface area contributed by atoms with Crippen LogP contribution >= 0.6 is 11.6 Å². The molecule has 0 bridgehead atoms. The second-order valence-electron chi connectivity index (χ2n) is 5.96. The Bertz CT molecular complexity index is 540. The molecule has 0 fully saturated rings. The Morgan fingerprint density at radius 3 is 2.37 bits per heavy atom. The zero-order chi connectivity index (χ0) is 14.0. The second kappa shape index (κ2) is 5.33. The largest absolute Gasteiger partial charge is 0.301 e. The topological polar surface area (TPSA) is 30.7 Å². The van der Waals surface area contributed by atoms with Crippen LogP contribution in [0.5, 0.6) is 0 Å². The van der Waals surface area contributed by atoms with E-state index in [-0.39, 0.29) is 5.41 Å². The van der Waals surface area contributed by atoms with Crippen molar-refractivity contribution in [1.29, 1.82) is 0 Å². The van der Waals surface area contributed by atoms with Gasteiger partial charge in [-0.1, -0.05) is 58.0 Å². The molecule has 0 radical (unpaired) electrons. The molecule has 1 unspecified atom stereocenters. The lowest BCUT2D eigenvalue weighted by Gasteiger charge is -2.21. The molecule has 2 rings (SSSR count). The third-order valence-corrected chi connectivity index (χ3v) is 3.48. The van der Waals surface area contributed by atoms with Gasteiger partial charge in [0.1, 0.15) is 5.82 Å². The number of hydrogen-bond donors (Lipinski definition) is 0. The fourth-order valence-electron chi connectivity index (χ4n) is 2.16. The third kappa shape index (κ3) is 3.16. The Morgan fingerprint density at radius 1 is 1.16 bits per heavy atom. The number of halogens is 1. The molecule has 0 spiro atoms. The van der Waals surface area contributed by atoms with Crippen molar-refractivity contribution in [3.8, 4) is 0 Å². The molecule has 1 heterocycles. The molecular weight excluding hydrogens is 258 g/mol. The molecule has 0 aliphatic heterocycles. The molecule has 0 aliphatic carbocycles. The van der Waals surface area contributed by atoms with E-state index < -0.39 is 0 Å². The third-order valence-electron chi connectivity index (χ3n) is 3.20. The van der Waals surface area contributed by atoms with Gasteiger partial charge in [-0.25, -0.2) is 0 Å². The maximum absolute atomic E-state index is 6.17. The Morgan fingerprint density at radius 2 is 1.79 bits per heavy atom. The lowest BCUT2D eigenvalue weighted by Crippen LogP contribution is -2.21. The first-order valence-electron chi connectivity index (χ1n) is 6.53. The first-order chi connectivity index (χ1) is 8.89. The fourth-order valence-corrected chi connectivity index (χ4v) is 2.35. The van der Waals surface area contributed by atoms with Gasteiger partial charge in [0.15, 0.2) is 0 Å². The van der Waals surface area contributed by atoms with Gasteiger partial charge < -0.3 is 4.57 Å². The SMILES string of the molecule is CC(Cn1c(Cl)nnc1C(C)(C)C)c1ccccc1. The van der Waals surface area contributed by atoms with Gasteiger partial charge >= 0.3 is 0 Å². The van der Waals surface area contributed by atoms with Crippen LogP contribution in [0.1, 0.15) is 45.0 Å². The first kappa shape index (κ1) is 14.1. The van der Waals surface area contributed by atoms with Gasteiger partial charge in [0, 0.05) is 12.0 Å². The van der Waals surface area contributed by atoms with Gasteiger partial charge in [0.05, 0.1) is 0 Å². The maximum atomic E-state index is 6.17. The zero-order valence-corrected chi connectivity index (χ0v) is 12.6.